The standard InChI is InChI=1S/C13H19NO3/c1-15-11-7-9-8(5-4-6-10(9)14)12(16-2)13(11)17-3/h7,10H,4-6,14H2,1-3H3. The van der Waals surface area contributed by atoms with Crippen molar-refractivity contribution in [2.75, 3.05) is 21.3 Å². The summed E-state index contributed by atoms with van der Waals surface area (Å²) in [4.78, 5) is 0. The molecule has 1 aliphatic rings. The number of methoxy groups -OCH3 is 3. The van der Waals surface area contributed by atoms with Crippen molar-refractivity contribution in [2.45, 2.75) is 25.3 Å². The normalized spacial score (nSPS) is 18.5. The monoisotopic (exact) mass is 237 g/mol. The van der Waals surface area contributed by atoms with Gasteiger partial charge < -0.3 is 19.9 Å². The highest BCUT2D eigenvalue weighted by molar-refractivity contribution is 5.60. The molecule has 1 unspecified atom stereocenters. The molecule has 0 aliphatic heterocycles. The van der Waals surface area contributed by atoms with Crippen LogP contribution >= 0.6 is 0 Å². The molecule has 0 saturated heterocycles. The molecule has 0 radical (unpaired) electrons. The highest BCUT2D eigenvalue weighted by atomic mass is 16.5. The van der Waals surface area contributed by atoms with E-state index >= 15 is 0 Å². The van der Waals surface area contributed by atoms with Gasteiger partial charge in [0.25, 0.3) is 0 Å². The third-order valence-electron chi connectivity index (χ3n) is 3.31. The summed E-state index contributed by atoms with van der Waals surface area (Å²) in [6.07, 6.45) is 3.07. The van der Waals surface area contributed by atoms with Gasteiger partial charge in [0.05, 0.1) is 21.3 Å². The van der Waals surface area contributed by atoms with Crippen molar-refractivity contribution in [1.29, 1.82) is 0 Å². The topological polar surface area (TPSA) is 53.7 Å². The zero-order valence-corrected chi connectivity index (χ0v) is 10.6. The van der Waals surface area contributed by atoms with Gasteiger partial charge in [0, 0.05) is 11.6 Å². The van der Waals surface area contributed by atoms with Crippen molar-refractivity contribution >= 4 is 0 Å². The molecular weight excluding hydrogens is 218 g/mol. The van der Waals surface area contributed by atoms with E-state index in [0.29, 0.717) is 11.5 Å². The summed E-state index contributed by atoms with van der Waals surface area (Å²) in [5.41, 5.74) is 8.41. The van der Waals surface area contributed by atoms with Crippen LogP contribution in [0.5, 0.6) is 17.2 Å². The molecule has 0 fully saturated rings. The molecule has 0 aromatic heterocycles. The fourth-order valence-electron chi connectivity index (χ4n) is 2.48. The molecule has 0 heterocycles. The second-order valence-corrected chi connectivity index (χ2v) is 4.21. The largest absolute Gasteiger partial charge is 0.493 e. The summed E-state index contributed by atoms with van der Waals surface area (Å²) < 4.78 is 16.2. The van der Waals surface area contributed by atoms with Crippen LogP contribution < -0.4 is 19.9 Å². The number of fused-ring (bicyclic) bond motifs is 1. The van der Waals surface area contributed by atoms with Crippen LogP contribution in [0.2, 0.25) is 0 Å². The van der Waals surface area contributed by atoms with Crippen LogP contribution in [0.25, 0.3) is 0 Å². The fraction of sp³-hybridized carbons (Fsp3) is 0.538. The molecule has 0 bridgehead atoms. The predicted molar refractivity (Wildman–Crippen MR) is 66.0 cm³/mol. The zero-order valence-electron chi connectivity index (χ0n) is 10.6. The van der Waals surface area contributed by atoms with Gasteiger partial charge in [0.1, 0.15) is 0 Å². The Morgan fingerprint density at radius 3 is 2.41 bits per heavy atom. The Morgan fingerprint density at radius 1 is 1.12 bits per heavy atom. The molecule has 0 spiro atoms. The highest BCUT2D eigenvalue weighted by Gasteiger charge is 2.25. The summed E-state index contributed by atoms with van der Waals surface area (Å²) >= 11 is 0. The quantitative estimate of drug-likeness (QED) is 0.874. The predicted octanol–water partition coefficient (Wildman–Crippen LogP) is 2.05. The van der Waals surface area contributed by atoms with Crippen LogP contribution in [-0.2, 0) is 6.42 Å². The van der Waals surface area contributed by atoms with E-state index in [-0.39, 0.29) is 6.04 Å². The zero-order chi connectivity index (χ0) is 12.4. The molecule has 2 N–H and O–H groups in total. The SMILES string of the molecule is COc1cc2c(c(OC)c1OC)CCCC2N. The molecule has 0 amide bonds. The Morgan fingerprint density at radius 2 is 1.82 bits per heavy atom. The van der Waals surface area contributed by atoms with Gasteiger partial charge in [-0.15, -0.1) is 0 Å². The minimum Gasteiger partial charge on any atom is -0.493 e. The van der Waals surface area contributed by atoms with Crippen molar-refractivity contribution < 1.29 is 14.2 Å². The summed E-state index contributed by atoms with van der Waals surface area (Å²) in [5, 5.41) is 0. The molecule has 4 nitrogen and oxygen atoms in total. The third-order valence-corrected chi connectivity index (χ3v) is 3.31. The van der Waals surface area contributed by atoms with E-state index < -0.39 is 0 Å². The molecule has 1 atom stereocenters. The number of hydrogen-bond donors (Lipinski definition) is 1. The van der Waals surface area contributed by atoms with Crippen LogP contribution in [0, 0.1) is 0 Å². The van der Waals surface area contributed by atoms with Crippen LogP contribution in [0.15, 0.2) is 6.07 Å². The Kier molecular flexibility index (Phi) is 3.43. The Bertz CT molecular complexity index is 418. The smallest absolute Gasteiger partial charge is 0.203 e. The van der Waals surface area contributed by atoms with Crippen LogP contribution in [-0.4, -0.2) is 21.3 Å². The van der Waals surface area contributed by atoms with Gasteiger partial charge >= 0.3 is 0 Å². The van der Waals surface area contributed by atoms with E-state index in [1.54, 1.807) is 21.3 Å². The van der Waals surface area contributed by atoms with Gasteiger partial charge in [-0.1, -0.05) is 0 Å². The number of benzene rings is 1. The summed E-state index contributed by atoms with van der Waals surface area (Å²) in [6.45, 7) is 0. The van der Waals surface area contributed by atoms with Gasteiger partial charge in [-0.3, -0.25) is 0 Å². The molecule has 1 aromatic rings. The Balaban J connectivity index is 2.64. The minimum absolute atomic E-state index is 0.0625. The van der Waals surface area contributed by atoms with Gasteiger partial charge in [-0.05, 0) is 30.9 Å². The number of nitrogens with two attached hydrogens (primary N) is 1. The van der Waals surface area contributed by atoms with Gasteiger partial charge in [0.2, 0.25) is 5.75 Å². The van der Waals surface area contributed by atoms with Crippen molar-refractivity contribution in [3.05, 3.63) is 17.2 Å². The van der Waals surface area contributed by atoms with Crippen molar-refractivity contribution in [1.82, 2.24) is 0 Å². The number of rotatable bonds is 3. The van der Waals surface area contributed by atoms with Crippen molar-refractivity contribution in [3.8, 4) is 17.2 Å². The van der Waals surface area contributed by atoms with Gasteiger partial charge in [0.15, 0.2) is 11.5 Å². The second-order valence-electron chi connectivity index (χ2n) is 4.21. The van der Waals surface area contributed by atoms with Crippen LogP contribution in [0.1, 0.15) is 30.0 Å². The molecular formula is C13H19NO3. The van der Waals surface area contributed by atoms with Crippen molar-refractivity contribution in [3.63, 3.8) is 0 Å². The van der Waals surface area contributed by atoms with Crippen molar-refractivity contribution in [2.24, 2.45) is 5.73 Å². The van der Waals surface area contributed by atoms with E-state index in [1.165, 1.54) is 0 Å². The number of ether oxygens (including phenoxy) is 3. The maximum Gasteiger partial charge on any atom is 0.203 e. The first-order valence-corrected chi connectivity index (χ1v) is 5.80. The van der Waals surface area contributed by atoms with E-state index in [1.807, 2.05) is 6.07 Å². The fourth-order valence-corrected chi connectivity index (χ4v) is 2.48. The molecule has 4 heteroatoms. The molecule has 2 rings (SSSR count). The first-order valence-electron chi connectivity index (χ1n) is 5.80. The second kappa shape index (κ2) is 4.84. The molecule has 94 valence electrons. The first-order chi connectivity index (χ1) is 8.22. The lowest BCUT2D eigenvalue weighted by molar-refractivity contribution is 0.319. The Hall–Kier alpha value is -1.42. The minimum atomic E-state index is 0.0625. The molecule has 17 heavy (non-hydrogen) atoms. The maximum absolute atomic E-state index is 6.13. The summed E-state index contributed by atoms with van der Waals surface area (Å²) in [5.74, 6) is 2.10. The lowest BCUT2D eigenvalue weighted by Crippen LogP contribution is -2.18. The lowest BCUT2D eigenvalue weighted by Gasteiger charge is -2.26. The van der Waals surface area contributed by atoms with Gasteiger partial charge in [-0.25, -0.2) is 0 Å². The van der Waals surface area contributed by atoms with Gasteiger partial charge in [-0.2, -0.15) is 0 Å². The molecule has 0 saturated carbocycles. The average molecular weight is 237 g/mol. The van der Waals surface area contributed by atoms with E-state index in [4.69, 9.17) is 19.9 Å². The van der Waals surface area contributed by atoms with E-state index in [2.05, 4.69) is 0 Å². The van der Waals surface area contributed by atoms with Crippen LogP contribution in [0.4, 0.5) is 0 Å². The molecule has 1 aliphatic carbocycles. The highest BCUT2D eigenvalue weighted by Crippen LogP contribution is 2.46. The Labute approximate surface area is 102 Å². The molecule has 1 aromatic carbocycles. The first kappa shape index (κ1) is 12.0. The van der Waals surface area contributed by atoms with E-state index in [9.17, 15) is 0 Å². The summed E-state index contributed by atoms with van der Waals surface area (Å²) in [6, 6.07) is 2.04. The maximum atomic E-state index is 6.13. The average Bonchev–Trinajstić information content (AvgIpc) is 2.36. The number of hydrogen-bond acceptors (Lipinski definition) is 4. The lowest BCUT2D eigenvalue weighted by atomic mass is 9.87. The third kappa shape index (κ3) is 1.93. The van der Waals surface area contributed by atoms with Crippen LogP contribution in [0.3, 0.4) is 0 Å². The summed E-state index contributed by atoms with van der Waals surface area (Å²) in [7, 11) is 4.89. The van der Waals surface area contributed by atoms with E-state index in [0.717, 1.165) is 36.1 Å².